The summed E-state index contributed by atoms with van der Waals surface area (Å²) in [4.78, 5) is 79.5. The molecule has 1 saturated carbocycles. The van der Waals surface area contributed by atoms with E-state index < -0.39 is 71.3 Å². The molecule has 3 fully saturated rings. The van der Waals surface area contributed by atoms with Crippen LogP contribution in [0.3, 0.4) is 0 Å². The molecule has 2 heterocycles. The number of hydrogen-bond acceptors (Lipinski definition) is 9. The highest BCUT2D eigenvalue weighted by atomic mass is 16.5. The maximum absolute atomic E-state index is 13.7. The number of benzene rings is 2. The van der Waals surface area contributed by atoms with E-state index in [0.717, 1.165) is 19.6 Å². The Morgan fingerprint density at radius 1 is 0.795 bits per heavy atom. The molecule has 39 heavy (non-hydrogen) atoms. The lowest BCUT2D eigenvalue weighted by atomic mass is 9.56. The van der Waals surface area contributed by atoms with E-state index >= 15 is 0 Å². The summed E-state index contributed by atoms with van der Waals surface area (Å²) in [5.74, 6) is -8.46. The molecule has 4 aliphatic rings. The number of fused-ring (bicyclic) bond motifs is 5. The molecular formula is C28H24N2O9. The number of carbonyl (C=O) groups is 6. The van der Waals surface area contributed by atoms with Gasteiger partial charge in [-0.25, -0.2) is 9.59 Å². The molecule has 1 N–H and O–H groups in total. The lowest BCUT2D eigenvalue weighted by Crippen LogP contribution is -2.43. The number of phenols is 1. The molecule has 6 rings (SSSR count). The molecule has 11 heteroatoms. The van der Waals surface area contributed by atoms with E-state index in [1.807, 2.05) is 12.1 Å². The van der Waals surface area contributed by atoms with E-state index in [-0.39, 0.29) is 18.6 Å². The Bertz CT molecular complexity index is 1530. The molecule has 200 valence electrons. The minimum atomic E-state index is -1.11. The van der Waals surface area contributed by atoms with Gasteiger partial charge in [-0.05, 0) is 35.6 Å². The maximum Gasteiger partial charge on any atom is 0.423 e. The Kier molecular flexibility index (Phi) is 5.56. The summed E-state index contributed by atoms with van der Waals surface area (Å²) in [6.07, 6.45) is -0.290. The molecule has 2 aliphatic heterocycles. The average Bonchev–Trinajstić information content (AvgIpc) is 3.35. The first kappa shape index (κ1) is 24.8. The highest BCUT2D eigenvalue weighted by Gasteiger charge is 2.64. The number of allylic oxidation sites excluding steroid dienone is 2. The molecule has 0 aromatic heterocycles. The minimum Gasteiger partial charge on any atom is -0.508 e. The molecule has 0 spiro atoms. The van der Waals surface area contributed by atoms with E-state index in [4.69, 9.17) is 4.74 Å². The van der Waals surface area contributed by atoms with Crippen LogP contribution in [0.25, 0.3) is 10.8 Å². The SMILES string of the molecule is COC(=O)N1C(=O)C2CC=C3C(CC4C(=O)N(C(=O)OC)C(=O)C4C3c3c(O)ccc4ccccc34)C2C1=O. The normalized spacial score (nSPS) is 29.6. The maximum atomic E-state index is 13.7. The number of imide groups is 6. The number of methoxy groups -OCH3 is 2. The highest BCUT2D eigenvalue weighted by molar-refractivity contribution is 6.17. The van der Waals surface area contributed by atoms with Crippen LogP contribution < -0.4 is 0 Å². The number of nitrogens with zero attached hydrogens (tertiary/aromatic N) is 2. The van der Waals surface area contributed by atoms with Crippen LogP contribution in [0.4, 0.5) is 9.59 Å². The number of aromatic hydroxyl groups is 1. The molecule has 2 aromatic carbocycles. The first-order valence-electron chi connectivity index (χ1n) is 12.5. The summed E-state index contributed by atoms with van der Waals surface area (Å²) in [5, 5.41) is 12.6. The van der Waals surface area contributed by atoms with Gasteiger partial charge in [-0.3, -0.25) is 19.2 Å². The van der Waals surface area contributed by atoms with E-state index in [9.17, 15) is 33.9 Å². The molecule has 6 atom stereocenters. The predicted octanol–water partition coefficient (Wildman–Crippen LogP) is 2.71. The molecule has 11 nitrogen and oxygen atoms in total. The quantitative estimate of drug-likeness (QED) is 0.432. The number of amides is 6. The lowest BCUT2D eigenvalue weighted by Gasteiger charge is -2.44. The van der Waals surface area contributed by atoms with Crippen LogP contribution in [0.15, 0.2) is 48.0 Å². The van der Waals surface area contributed by atoms with Gasteiger partial charge in [0.1, 0.15) is 5.75 Å². The van der Waals surface area contributed by atoms with Gasteiger partial charge in [0.25, 0.3) is 0 Å². The number of hydrogen-bond donors (Lipinski definition) is 1. The molecule has 0 bridgehead atoms. The smallest absolute Gasteiger partial charge is 0.423 e. The fourth-order valence-corrected chi connectivity index (χ4v) is 7.06. The topological polar surface area (TPSA) is 148 Å². The third-order valence-corrected chi connectivity index (χ3v) is 8.62. The molecule has 0 radical (unpaired) electrons. The zero-order chi connectivity index (χ0) is 27.7. The van der Waals surface area contributed by atoms with Gasteiger partial charge in [0.05, 0.1) is 37.9 Å². The van der Waals surface area contributed by atoms with Gasteiger partial charge in [-0.15, -0.1) is 0 Å². The molecule has 6 amide bonds. The highest BCUT2D eigenvalue weighted by Crippen LogP contribution is 2.59. The third kappa shape index (κ3) is 3.28. The van der Waals surface area contributed by atoms with Crippen molar-refractivity contribution in [1.29, 1.82) is 0 Å². The molecule has 6 unspecified atom stereocenters. The zero-order valence-corrected chi connectivity index (χ0v) is 21.0. The van der Waals surface area contributed by atoms with E-state index in [1.54, 1.807) is 24.3 Å². The van der Waals surface area contributed by atoms with Crippen LogP contribution in [-0.4, -0.2) is 64.9 Å². The second kappa shape index (κ2) is 8.75. The van der Waals surface area contributed by atoms with Gasteiger partial charge >= 0.3 is 12.2 Å². The van der Waals surface area contributed by atoms with Crippen molar-refractivity contribution < 1.29 is 43.3 Å². The van der Waals surface area contributed by atoms with Crippen LogP contribution in [0.1, 0.15) is 24.3 Å². The van der Waals surface area contributed by atoms with Gasteiger partial charge < -0.3 is 14.6 Å². The average molecular weight is 533 g/mol. The summed E-state index contributed by atoms with van der Waals surface area (Å²) >= 11 is 0. The Morgan fingerprint density at radius 2 is 1.41 bits per heavy atom. The lowest BCUT2D eigenvalue weighted by molar-refractivity contribution is -0.139. The van der Waals surface area contributed by atoms with Gasteiger partial charge in [0.15, 0.2) is 0 Å². The second-order valence-electron chi connectivity index (χ2n) is 10.2. The van der Waals surface area contributed by atoms with Crippen molar-refractivity contribution in [2.24, 2.45) is 29.6 Å². The zero-order valence-electron chi connectivity index (χ0n) is 21.0. The van der Waals surface area contributed by atoms with E-state index in [0.29, 0.717) is 26.3 Å². The van der Waals surface area contributed by atoms with Gasteiger partial charge in [-0.1, -0.05) is 42.0 Å². The van der Waals surface area contributed by atoms with Crippen molar-refractivity contribution in [2.75, 3.05) is 14.2 Å². The summed E-state index contributed by atoms with van der Waals surface area (Å²) in [5.41, 5.74) is 1.01. The fourth-order valence-electron chi connectivity index (χ4n) is 7.06. The summed E-state index contributed by atoms with van der Waals surface area (Å²) in [6, 6.07) is 10.5. The van der Waals surface area contributed by atoms with Crippen molar-refractivity contribution in [2.45, 2.75) is 18.8 Å². The number of carbonyl (C=O) groups excluding carboxylic acids is 6. The number of ether oxygens (including phenoxy) is 2. The van der Waals surface area contributed by atoms with Crippen molar-refractivity contribution in [1.82, 2.24) is 9.80 Å². The van der Waals surface area contributed by atoms with Crippen molar-refractivity contribution >= 4 is 46.6 Å². The van der Waals surface area contributed by atoms with Gasteiger partial charge in [-0.2, -0.15) is 9.80 Å². The summed E-state index contributed by atoms with van der Waals surface area (Å²) in [6.45, 7) is 0. The first-order chi connectivity index (χ1) is 18.7. The first-order valence-corrected chi connectivity index (χ1v) is 12.5. The molecular weight excluding hydrogens is 508 g/mol. The number of phenolic OH excluding ortho intramolecular Hbond substituents is 1. The van der Waals surface area contributed by atoms with E-state index in [2.05, 4.69) is 4.74 Å². The van der Waals surface area contributed by atoms with Crippen LogP contribution in [-0.2, 0) is 28.7 Å². The fraction of sp³-hybridized carbons (Fsp3) is 0.357. The Balaban J connectivity index is 1.56. The van der Waals surface area contributed by atoms with Gasteiger partial charge in [0, 0.05) is 11.5 Å². The van der Waals surface area contributed by atoms with Crippen molar-refractivity contribution in [3.8, 4) is 5.75 Å². The third-order valence-electron chi connectivity index (χ3n) is 8.62. The van der Waals surface area contributed by atoms with Crippen LogP contribution in [0.5, 0.6) is 5.75 Å². The molecule has 2 aromatic rings. The van der Waals surface area contributed by atoms with Crippen LogP contribution >= 0.6 is 0 Å². The number of likely N-dealkylation sites (tertiary alicyclic amines) is 2. The van der Waals surface area contributed by atoms with Gasteiger partial charge in [0.2, 0.25) is 23.6 Å². The van der Waals surface area contributed by atoms with Crippen LogP contribution in [0, 0.1) is 29.6 Å². The van der Waals surface area contributed by atoms with E-state index in [1.165, 1.54) is 6.07 Å². The number of rotatable bonds is 1. The standard InChI is InChI=1S/C28H24N2O9/c1-38-27(36)29-23(32)15-9-8-14-16(19(15)25(29)34)11-17-22(26(35)30(24(17)33)28(37)39-2)21(14)20-13-6-4-3-5-12(13)7-10-18(20)31/h3-8,10,15-17,19,21-22,31H,9,11H2,1-2H3. The van der Waals surface area contributed by atoms with Crippen molar-refractivity contribution in [3.63, 3.8) is 0 Å². The second-order valence-corrected chi connectivity index (χ2v) is 10.2. The largest absolute Gasteiger partial charge is 0.508 e. The van der Waals surface area contributed by atoms with Crippen LogP contribution in [0.2, 0.25) is 0 Å². The predicted molar refractivity (Wildman–Crippen MR) is 132 cm³/mol. The minimum absolute atomic E-state index is 0.00575. The molecule has 2 saturated heterocycles. The Morgan fingerprint density at radius 3 is 2.08 bits per heavy atom. The monoisotopic (exact) mass is 532 g/mol. The summed E-state index contributed by atoms with van der Waals surface area (Å²) in [7, 11) is 2.14. The summed E-state index contributed by atoms with van der Waals surface area (Å²) < 4.78 is 9.38. The Hall–Kier alpha value is -4.54. The Labute approximate surface area is 221 Å². The van der Waals surface area contributed by atoms with Crippen molar-refractivity contribution in [3.05, 3.63) is 53.6 Å². The molecule has 2 aliphatic carbocycles.